The van der Waals surface area contributed by atoms with E-state index in [9.17, 15) is 28.1 Å². The van der Waals surface area contributed by atoms with Crippen LogP contribution in [0, 0.1) is 21.4 Å². The molecule has 0 aliphatic rings. The molecule has 0 radical (unpaired) electrons. The fraction of sp³-hybridized carbons (Fsp3) is 0.273. The fourth-order valence-corrected chi connectivity index (χ4v) is 1.44. The lowest BCUT2D eigenvalue weighted by Crippen LogP contribution is -2.13. The van der Waals surface area contributed by atoms with E-state index in [2.05, 4.69) is 4.74 Å². The Hall–Kier alpha value is -2.63. The minimum Gasteiger partial charge on any atom is -0.462 e. The highest BCUT2D eigenvalue weighted by Crippen LogP contribution is 2.35. The molecule has 0 N–H and O–H groups in total. The average Bonchev–Trinajstić information content (AvgIpc) is 2.36. The quantitative estimate of drug-likeness (QED) is 0.484. The summed E-state index contributed by atoms with van der Waals surface area (Å²) in [7, 11) is 0. The zero-order valence-corrected chi connectivity index (χ0v) is 10.0. The molecule has 0 saturated heterocycles. The van der Waals surface area contributed by atoms with Crippen LogP contribution < -0.4 is 0 Å². The highest BCUT2D eigenvalue weighted by atomic mass is 19.4. The Morgan fingerprint density at radius 1 is 1.50 bits per heavy atom. The summed E-state index contributed by atoms with van der Waals surface area (Å²) in [6, 6.07) is 1.90. The number of ether oxygens (including phenoxy) is 1. The molecule has 0 amide bonds. The van der Waals surface area contributed by atoms with E-state index in [1.807, 2.05) is 0 Å². The Labute approximate surface area is 110 Å². The van der Waals surface area contributed by atoms with Crippen LogP contribution >= 0.6 is 0 Å². The van der Waals surface area contributed by atoms with E-state index in [0.717, 1.165) is 0 Å². The average molecular weight is 288 g/mol. The van der Waals surface area contributed by atoms with Crippen molar-refractivity contribution in [3.05, 3.63) is 38.9 Å². The number of nitro benzene ring substituents is 1. The normalized spacial score (nSPS) is 10.8. The van der Waals surface area contributed by atoms with Gasteiger partial charge in [-0.3, -0.25) is 10.1 Å². The Bertz CT molecular complexity index is 605. The van der Waals surface area contributed by atoms with Gasteiger partial charge in [0.2, 0.25) is 0 Å². The van der Waals surface area contributed by atoms with Crippen molar-refractivity contribution in [3.63, 3.8) is 0 Å². The first-order valence-corrected chi connectivity index (χ1v) is 5.19. The first kappa shape index (κ1) is 15.4. The van der Waals surface area contributed by atoms with Gasteiger partial charge in [0.25, 0.3) is 0 Å². The predicted octanol–water partition coefficient (Wildman–Crippen LogP) is 2.66. The summed E-state index contributed by atoms with van der Waals surface area (Å²) in [4.78, 5) is 21.3. The topological polar surface area (TPSA) is 93.2 Å². The zero-order valence-electron chi connectivity index (χ0n) is 10.0. The van der Waals surface area contributed by atoms with E-state index < -0.39 is 39.4 Å². The van der Waals surface area contributed by atoms with Crippen LogP contribution in [0.15, 0.2) is 12.1 Å². The molecule has 0 bridgehead atoms. The van der Waals surface area contributed by atoms with E-state index in [4.69, 9.17) is 5.26 Å². The van der Waals surface area contributed by atoms with Crippen molar-refractivity contribution in [2.45, 2.75) is 13.1 Å². The Kier molecular flexibility index (Phi) is 4.29. The van der Waals surface area contributed by atoms with Gasteiger partial charge in [-0.15, -0.1) is 0 Å². The molecule has 20 heavy (non-hydrogen) atoms. The molecule has 0 aliphatic carbocycles. The second-order valence-electron chi connectivity index (χ2n) is 3.51. The van der Waals surface area contributed by atoms with Gasteiger partial charge in [0, 0.05) is 0 Å². The SMILES string of the molecule is CCOC(=O)c1cc(C(F)(F)F)cc(C#N)c1[N+](=O)[O-]. The standard InChI is InChI=1S/C11H7F3N2O4/c1-2-20-10(17)8-4-7(11(12,13)14)3-6(5-15)9(8)16(18)19/h3-4H,2H2,1H3. The van der Waals surface area contributed by atoms with Crippen LogP contribution in [0.3, 0.4) is 0 Å². The van der Waals surface area contributed by atoms with Crippen LogP contribution in [-0.4, -0.2) is 17.5 Å². The van der Waals surface area contributed by atoms with Crippen LogP contribution in [0.25, 0.3) is 0 Å². The van der Waals surface area contributed by atoms with Gasteiger partial charge in [0.05, 0.1) is 17.1 Å². The maximum absolute atomic E-state index is 12.6. The highest BCUT2D eigenvalue weighted by molar-refractivity contribution is 5.95. The molecule has 0 heterocycles. The van der Waals surface area contributed by atoms with Crippen molar-refractivity contribution in [1.29, 1.82) is 5.26 Å². The largest absolute Gasteiger partial charge is 0.462 e. The Balaban J connectivity index is 3.64. The van der Waals surface area contributed by atoms with Crippen LogP contribution in [0.2, 0.25) is 0 Å². The van der Waals surface area contributed by atoms with Crippen LogP contribution in [0.1, 0.15) is 28.4 Å². The third-order valence-corrected chi connectivity index (χ3v) is 2.24. The molecule has 106 valence electrons. The Morgan fingerprint density at radius 2 is 2.10 bits per heavy atom. The van der Waals surface area contributed by atoms with E-state index >= 15 is 0 Å². The number of nitrogens with zero attached hydrogens (tertiary/aromatic N) is 2. The molecule has 0 saturated carbocycles. The van der Waals surface area contributed by atoms with Gasteiger partial charge < -0.3 is 4.74 Å². The second-order valence-corrected chi connectivity index (χ2v) is 3.51. The lowest BCUT2D eigenvalue weighted by atomic mass is 10.0. The van der Waals surface area contributed by atoms with Gasteiger partial charge in [0.15, 0.2) is 0 Å². The van der Waals surface area contributed by atoms with Crippen LogP contribution in [0.4, 0.5) is 18.9 Å². The zero-order chi connectivity index (χ0) is 15.5. The molecule has 6 nitrogen and oxygen atoms in total. The molecule has 0 fully saturated rings. The third kappa shape index (κ3) is 3.03. The van der Waals surface area contributed by atoms with Gasteiger partial charge in [-0.2, -0.15) is 18.4 Å². The van der Waals surface area contributed by atoms with Crippen molar-refractivity contribution >= 4 is 11.7 Å². The predicted molar refractivity (Wildman–Crippen MR) is 58.8 cm³/mol. The number of carbonyl (C=O) groups is 1. The van der Waals surface area contributed by atoms with Crippen LogP contribution in [0.5, 0.6) is 0 Å². The van der Waals surface area contributed by atoms with E-state index in [1.165, 1.54) is 13.0 Å². The summed E-state index contributed by atoms with van der Waals surface area (Å²) in [6.45, 7) is 1.22. The number of benzene rings is 1. The van der Waals surface area contributed by atoms with Crippen LogP contribution in [-0.2, 0) is 10.9 Å². The minimum atomic E-state index is -4.85. The van der Waals surface area contributed by atoms with Gasteiger partial charge in [-0.05, 0) is 19.1 Å². The second kappa shape index (κ2) is 5.56. The summed E-state index contributed by atoms with van der Waals surface area (Å²) in [5.41, 5.74) is -4.09. The van der Waals surface area contributed by atoms with Crippen molar-refractivity contribution in [1.82, 2.24) is 0 Å². The van der Waals surface area contributed by atoms with Crippen molar-refractivity contribution < 1.29 is 27.6 Å². The number of nitro groups is 1. The summed E-state index contributed by atoms with van der Waals surface area (Å²) >= 11 is 0. The van der Waals surface area contributed by atoms with E-state index in [1.54, 1.807) is 0 Å². The molecule has 1 aromatic carbocycles. The molecule has 0 aromatic heterocycles. The van der Waals surface area contributed by atoms with Gasteiger partial charge in [-0.1, -0.05) is 0 Å². The van der Waals surface area contributed by atoms with Gasteiger partial charge in [0.1, 0.15) is 17.2 Å². The minimum absolute atomic E-state index is 0.172. The molecule has 0 atom stereocenters. The molecule has 1 rings (SSSR count). The maximum Gasteiger partial charge on any atom is 0.416 e. The number of hydrogen-bond donors (Lipinski definition) is 0. The van der Waals surface area contributed by atoms with Crippen molar-refractivity contribution in [3.8, 4) is 6.07 Å². The molecular weight excluding hydrogens is 281 g/mol. The molecule has 9 heteroatoms. The molecule has 1 aromatic rings. The van der Waals surface area contributed by atoms with E-state index in [0.29, 0.717) is 12.1 Å². The number of hydrogen-bond acceptors (Lipinski definition) is 5. The fourth-order valence-electron chi connectivity index (χ4n) is 1.44. The molecule has 0 unspecified atom stereocenters. The molecule has 0 spiro atoms. The van der Waals surface area contributed by atoms with E-state index in [-0.39, 0.29) is 6.61 Å². The molecular formula is C11H7F3N2O4. The number of rotatable bonds is 3. The highest BCUT2D eigenvalue weighted by Gasteiger charge is 2.36. The number of nitriles is 1. The first-order valence-electron chi connectivity index (χ1n) is 5.19. The third-order valence-electron chi connectivity index (χ3n) is 2.24. The Morgan fingerprint density at radius 3 is 2.50 bits per heavy atom. The number of esters is 1. The summed E-state index contributed by atoms with van der Waals surface area (Å²) in [5, 5.41) is 19.6. The number of carbonyl (C=O) groups excluding carboxylic acids is 1. The monoisotopic (exact) mass is 288 g/mol. The summed E-state index contributed by atoms with van der Waals surface area (Å²) < 4.78 is 42.4. The van der Waals surface area contributed by atoms with Gasteiger partial charge in [-0.25, -0.2) is 4.79 Å². The summed E-state index contributed by atoms with van der Waals surface area (Å²) in [5.74, 6) is -1.29. The lowest BCUT2D eigenvalue weighted by Gasteiger charge is -2.10. The number of halogens is 3. The first-order chi connectivity index (χ1) is 9.22. The van der Waals surface area contributed by atoms with Gasteiger partial charge >= 0.3 is 17.8 Å². The number of alkyl halides is 3. The lowest BCUT2D eigenvalue weighted by molar-refractivity contribution is -0.385. The molecule has 0 aliphatic heterocycles. The van der Waals surface area contributed by atoms with Crippen molar-refractivity contribution in [2.75, 3.05) is 6.61 Å². The van der Waals surface area contributed by atoms with Crippen molar-refractivity contribution in [2.24, 2.45) is 0 Å². The summed E-state index contributed by atoms with van der Waals surface area (Å²) in [6.07, 6.45) is -4.85. The smallest absolute Gasteiger partial charge is 0.416 e. The maximum atomic E-state index is 12.6.